The van der Waals surface area contributed by atoms with Gasteiger partial charge in [-0.15, -0.1) is 23.2 Å². The van der Waals surface area contributed by atoms with E-state index in [-0.39, 0.29) is 30.9 Å². The number of carboxylic acids is 1. The Kier molecular flexibility index (Phi) is 6.50. The van der Waals surface area contributed by atoms with Crippen LogP contribution in [0.2, 0.25) is 0 Å². The molecule has 2 aliphatic carbocycles. The number of methoxy groups -OCH3 is 1. The molecule has 6 atom stereocenters. The second-order valence-electron chi connectivity index (χ2n) is 10.0. The fourth-order valence-electron chi connectivity index (χ4n) is 6.53. The van der Waals surface area contributed by atoms with Crippen LogP contribution in [-0.2, 0) is 24.0 Å². The third-order valence-corrected chi connectivity index (χ3v) is 10.5. The molecule has 6 unspecified atom stereocenters. The zero-order valence-electron chi connectivity index (χ0n) is 20.2. The van der Waals surface area contributed by atoms with E-state index in [4.69, 9.17) is 33.0 Å². The van der Waals surface area contributed by atoms with Crippen LogP contribution in [0.25, 0.3) is 0 Å². The van der Waals surface area contributed by atoms with Crippen molar-refractivity contribution in [2.75, 3.05) is 20.7 Å². The molecule has 2 heterocycles. The molecule has 0 spiro atoms. The van der Waals surface area contributed by atoms with Crippen molar-refractivity contribution in [3.8, 4) is 11.5 Å². The van der Waals surface area contributed by atoms with E-state index >= 15 is 0 Å². The summed E-state index contributed by atoms with van der Waals surface area (Å²) in [6.45, 7) is -0.259. The van der Waals surface area contributed by atoms with Gasteiger partial charge < -0.3 is 14.9 Å². The van der Waals surface area contributed by atoms with Crippen LogP contribution in [0.15, 0.2) is 23.8 Å². The normalized spacial score (nSPS) is 34.2. The van der Waals surface area contributed by atoms with E-state index in [1.165, 1.54) is 20.2 Å². The van der Waals surface area contributed by atoms with Gasteiger partial charge in [-0.25, -0.2) is 0 Å². The Morgan fingerprint density at radius 1 is 1.16 bits per heavy atom. The maximum Gasteiger partial charge on any atom is 0.305 e. The van der Waals surface area contributed by atoms with E-state index in [0.29, 0.717) is 14.7 Å². The molecule has 4 amide bonds. The molecule has 5 rings (SSSR count). The minimum absolute atomic E-state index is 0.112. The predicted octanol–water partition coefficient (Wildman–Crippen LogP) is 2.47. The number of nitrogens with zero attached hydrogens (tertiary/aromatic N) is 2. The topological polar surface area (TPSA) is 142 Å². The smallest absolute Gasteiger partial charge is 0.305 e. The van der Waals surface area contributed by atoms with Crippen molar-refractivity contribution in [2.24, 2.45) is 17.8 Å². The summed E-state index contributed by atoms with van der Waals surface area (Å²) in [5, 5.41) is 19.5. The lowest BCUT2D eigenvalue weighted by molar-refractivity contribution is -0.143. The highest BCUT2D eigenvalue weighted by atomic mass is 127. The molecular formula is C25H23Cl2IN2O8. The number of fused-ring (bicyclic) bond motifs is 4. The summed E-state index contributed by atoms with van der Waals surface area (Å²) < 4.78 is 5.73. The Labute approximate surface area is 241 Å². The number of rotatable bonds is 5. The number of phenols is 1. The van der Waals surface area contributed by atoms with Crippen molar-refractivity contribution in [1.29, 1.82) is 0 Å². The molecule has 13 heteroatoms. The van der Waals surface area contributed by atoms with E-state index in [0.717, 1.165) is 9.80 Å². The summed E-state index contributed by atoms with van der Waals surface area (Å²) in [6, 6.07) is 3.15. The Bertz CT molecular complexity index is 1350. The third-order valence-electron chi connectivity index (χ3n) is 8.26. The van der Waals surface area contributed by atoms with Gasteiger partial charge in [0.05, 0.1) is 28.9 Å². The van der Waals surface area contributed by atoms with E-state index in [1.54, 1.807) is 12.1 Å². The first kappa shape index (κ1) is 27.2. The van der Waals surface area contributed by atoms with Gasteiger partial charge in [-0.3, -0.25) is 33.8 Å². The number of carboxylic acid groups (broad SMARTS) is 1. The first-order valence-corrected chi connectivity index (χ1v) is 13.7. The van der Waals surface area contributed by atoms with Gasteiger partial charge in [-0.05, 0) is 59.0 Å². The van der Waals surface area contributed by atoms with Crippen LogP contribution < -0.4 is 4.74 Å². The number of alkyl halides is 2. The van der Waals surface area contributed by atoms with Crippen LogP contribution in [-0.4, -0.2) is 80.1 Å². The lowest BCUT2D eigenvalue weighted by Crippen LogP contribution is -2.60. The number of hydrogen-bond donors (Lipinski definition) is 2. The number of amides is 4. The van der Waals surface area contributed by atoms with E-state index in [2.05, 4.69) is 0 Å². The molecule has 10 nitrogen and oxygen atoms in total. The number of likely N-dealkylation sites (tertiary alicyclic amines) is 2. The van der Waals surface area contributed by atoms with Crippen LogP contribution in [0, 0.1) is 21.3 Å². The lowest BCUT2D eigenvalue weighted by atomic mass is 9.56. The number of ether oxygens (including phenoxy) is 1. The largest absolute Gasteiger partial charge is 0.504 e. The van der Waals surface area contributed by atoms with Gasteiger partial charge in [0.1, 0.15) is 0 Å². The Morgan fingerprint density at radius 3 is 2.47 bits per heavy atom. The molecule has 1 saturated carbocycles. The highest BCUT2D eigenvalue weighted by molar-refractivity contribution is 14.1. The number of benzene rings is 1. The monoisotopic (exact) mass is 676 g/mol. The summed E-state index contributed by atoms with van der Waals surface area (Å²) in [5.41, 5.74) is 1.05. The minimum Gasteiger partial charge on any atom is -0.504 e. The molecule has 202 valence electrons. The molecule has 2 N–H and O–H groups in total. The number of allylic oxidation sites excluding steroid dienone is 2. The van der Waals surface area contributed by atoms with Gasteiger partial charge in [0.2, 0.25) is 11.8 Å². The SMILES string of the molecule is COc1cc(C2C3=CCC4C(=O)N(CCC(=O)O)C(=O)C4C3CC3(Cl)C(=O)N(C)C(=O)C23Cl)cc(I)c1O. The number of aliphatic carboxylic acids is 1. The molecule has 0 radical (unpaired) electrons. The molecule has 1 aromatic rings. The van der Waals surface area contributed by atoms with Crippen LogP contribution in [0.3, 0.4) is 0 Å². The van der Waals surface area contributed by atoms with Gasteiger partial charge in [0.25, 0.3) is 11.8 Å². The van der Waals surface area contributed by atoms with Crippen LogP contribution in [0.5, 0.6) is 11.5 Å². The third kappa shape index (κ3) is 3.46. The molecule has 1 aromatic carbocycles. The Hall–Kier alpha value is -2.38. The fraction of sp³-hybridized carbons (Fsp3) is 0.480. The maximum atomic E-state index is 13.6. The lowest BCUT2D eigenvalue weighted by Gasteiger charge is -2.50. The average Bonchev–Trinajstić information content (AvgIpc) is 3.19. The van der Waals surface area contributed by atoms with Gasteiger partial charge in [0.15, 0.2) is 21.2 Å². The van der Waals surface area contributed by atoms with Crippen molar-refractivity contribution in [2.45, 2.75) is 34.9 Å². The summed E-state index contributed by atoms with van der Waals surface area (Å²) >= 11 is 16.1. The number of hydrogen-bond acceptors (Lipinski definition) is 7. The molecule has 38 heavy (non-hydrogen) atoms. The summed E-state index contributed by atoms with van der Waals surface area (Å²) in [5.74, 6) is -6.84. The minimum atomic E-state index is -1.95. The summed E-state index contributed by atoms with van der Waals surface area (Å²) in [7, 11) is 2.67. The first-order chi connectivity index (χ1) is 17.8. The van der Waals surface area contributed by atoms with E-state index < -0.39 is 69.4 Å². The zero-order chi connectivity index (χ0) is 27.9. The van der Waals surface area contributed by atoms with Gasteiger partial charge in [-0.2, -0.15) is 0 Å². The summed E-state index contributed by atoms with van der Waals surface area (Å²) in [6.07, 6.45) is 1.41. The van der Waals surface area contributed by atoms with Crippen LogP contribution in [0.4, 0.5) is 0 Å². The number of aromatic hydroxyl groups is 1. The molecule has 2 aliphatic heterocycles. The highest BCUT2D eigenvalue weighted by Gasteiger charge is 2.75. The van der Waals surface area contributed by atoms with Crippen molar-refractivity contribution >= 4 is 75.4 Å². The number of halogens is 3. The van der Waals surface area contributed by atoms with Crippen molar-refractivity contribution < 1.29 is 38.9 Å². The maximum absolute atomic E-state index is 13.6. The number of phenolic OH excluding ortho intramolecular Hbond substituents is 1. The number of carbonyl (C=O) groups excluding carboxylic acids is 4. The van der Waals surface area contributed by atoms with Crippen LogP contribution in [0.1, 0.15) is 30.7 Å². The van der Waals surface area contributed by atoms with Crippen LogP contribution >= 0.6 is 45.8 Å². The Morgan fingerprint density at radius 2 is 1.84 bits per heavy atom. The average molecular weight is 677 g/mol. The summed E-state index contributed by atoms with van der Waals surface area (Å²) in [4.78, 5) is 62.8. The number of carbonyl (C=O) groups is 5. The first-order valence-electron chi connectivity index (χ1n) is 11.8. The molecule has 2 saturated heterocycles. The van der Waals surface area contributed by atoms with Crippen molar-refractivity contribution in [3.63, 3.8) is 0 Å². The van der Waals surface area contributed by atoms with E-state index in [9.17, 15) is 29.1 Å². The molecule has 4 aliphatic rings. The van der Waals surface area contributed by atoms with Crippen molar-refractivity contribution in [1.82, 2.24) is 9.80 Å². The quantitative estimate of drug-likeness (QED) is 0.210. The molecular weight excluding hydrogens is 654 g/mol. The van der Waals surface area contributed by atoms with Crippen molar-refractivity contribution in [3.05, 3.63) is 32.9 Å². The zero-order valence-corrected chi connectivity index (χ0v) is 23.9. The molecule has 3 fully saturated rings. The van der Waals surface area contributed by atoms with Gasteiger partial charge in [0, 0.05) is 19.5 Å². The highest BCUT2D eigenvalue weighted by Crippen LogP contribution is 2.65. The predicted molar refractivity (Wildman–Crippen MR) is 142 cm³/mol. The molecule has 0 aromatic heterocycles. The molecule has 0 bridgehead atoms. The second-order valence-corrected chi connectivity index (χ2v) is 12.4. The van der Waals surface area contributed by atoms with Gasteiger partial charge in [-0.1, -0.05) is 11.6 Å². The Balaban J connectivity index is 1.69. The number of imide groups is 2. The van der Waals surface area contributed by atoms with E-state index in [1.807, 2.05) is 22.6 Å². The standard InChI is InChI=1S/C25H23Cl2IN2O8/c1-29-22(36)24(26)9-13-11(3-4-12-17(13)21(35)30(20(12)34)6-5-16(31)32)18(25(24,27)23(29)37)10-7-14(28)19(33)15(8-10)38-2/h3,7-8,12-13,17-18,33H,4-6,9H2,1-2H3,(H,31,32). The second kappa shape index (κ2) is 9.09. The van der Waals surface area contributed by atoms with Gasteiger partial charge >= 0.3 is 5.97 Å². The fourth-order valence-corrected chi connectivity index (χ4v) is 8.17.